The average Bonchev–Trinajstić information content (AvgIpc) is 3.74. The SMILES string of the molecule is [2H]c1c([2H])c([2H])c(-c2nc(-c3ccc([Si](c4ccccc4)(c4ccccc4)c4ccccc4)cc3)nc(-n3c4ccccc4c4cccc(-n5c6ccccc6c6cccc(-n7c8ccccc8c8ccccc87)c65)c43)n2)c([2H])c1[2H]. The van der Waals surface area contributed by atoms with Gasteiger partial charge in [0.1, 0.15) is 0 Å². The van der Waals surface area contributed by atoms with Crippen molar-refractivity contribution < 1.29 is 6.85 Å². The van der Waals surface area contributed by atoms with Crippen LogP contribution in [-0.4, -0.2) is 36.7 Å². The average molecular weight is 992 g/mol. The number of rotatable bonds is 9. The minimum Gasteiger partial charge on any atom is -0.307 e. The van der Waals surface area contributed by atoms with Crippen LogP contribution in [0.15, 0.2) is 279 Å². The Labute approximate surface area is 446 Å². The summed E-state index contributed by atoms with van der Waals surface area (Å²) in [5.41, 5.74) is 8.22. The van der Waals surface area contributed by atoms with Gasteiger partial charge in [0.15, 0.2) is 19.7 Å². The molecule has 15 aromatic rings. The van der Waals surface area contributed by atoms with Gasteiger partial charge in [0.05, 0.1) is 51.3 Å². The van der Waals surface area contributed by atoms with E-state index in [1.807, 2.05) is 24.3 Å². The van der Waals surface area contributed by atoms with Crippen LogP contribution in [0.25, 0.3) is 106 Å². The molecular formula is C69H46N6Si. The molecular weight excluding hydrogens is 941 g/mol. The van der Waals surface area contributed by atoms with Crippen LogP contribution in [0.2, 0.25) is 0 Å². The third-order valence-electron chi connectivity index (χ3n) is 15.2. The molecule has 6 nitrogen and oxygen atoms in total. The Bertz CT molecular complexity index is 4820. The molecule has 11 aromatic carbocycles. The standard InChI is InChI=1S/C69H46N6Si/c1-5-23-47(24-6-1)67-70-68(48-43-45-52(46-44-48)76(49-25-7-2-8-26-49,50-27-9-3-10-28-50)51-29-11-4-12-30-51)72-69(71-67)75-62-40-20-16-34-56(62)58-36-22-42-64(66(58)75)74-61-39-19-15-33-55(61)57-35-21-41-63(65(57)74)73-59-37-17-13-31-53(59)54-32-14-18-38-60(54)73/h1-46H/i1D,5D,6D,23D,24D. The van der Waals surface area contributed by atoms with E-state index in [-0.39, 0.29) is 23.2 Å². The highest BCUT2D eigenvalue weighted by Crippen LogP contribution is 2.43. The molecule has 0 amide bonds. The van der Waals surface area contributed by atoms with Crippen molar-refractivity contribution in [1.29, 1.82) is 0 Å². The molecule has 0 saturated carbocycles. The van der Waals surface area contributed by atoms with Gasteiger partial charge in [-0.2, -0.15) is 9.97 Å². The van der Waals surface area contributed by atoms with E-state index in [4.69, 9.17) is 19.1 Å². The summed E-state index contributed by atoms with van der Waals surface area (Å²) in [6.45, 7) is 0. The molecule has 0 unspecified atom stereocenters. The predicted molar refractivity (Wildman–Crippen MR) is 317 cm³/mol. The van der Waals surface area contributed by atoms with Crippen LogP contribution >= 0.6 is 0 Å². The Hall–Kier alpha value is -9.95. The minimum absolute atomic E-state index is 0.0495. The highest BCUT2D eigenvalue weighted by Gasteiger charge is 2.41. The van der Waals surface area contributed by atoms with Crippen molar-refractivity contribution in [2.45, 2.75) is 0 Å². The molecule has 0 aliphatic heterocycles. The fourth-order valence-electron chi connectivity index (χ4n) is 12.0. The van der Waals surface area contributed by atoms with Crippen LogP contribution in [0.5, 0.6) is 0 Å². The molecule has 0 fully saturated rings. The van der Waals surface area contributed by atoms with Crippen LogP contribution in [0.1, 0.15) is 6.85 Å². The number of hydrogen-bond acceptors (Lipinski definition) is 3. The fourth-order valence-corrected chi connectivity index (χ4v) is 16.7. The number of fused-ring (bicyclic) bond motifs is 9. The molecule has 0 aliphatic rings. The summed E-state index contributed by atoms with van der Waals surface area (Å²) in [7, 11) is -2.93. The topological polar surface area (TPSA) is 53.5 Å². The lowest BCUT2D eigenvalue weighted by molar-refractivity contribution is 0.950. The lowest BCUT2D eigenvalue weighted by Crippen LogP contribution is -2.74. The number of hydrogen-bond donors (Lipinski definition) is 0. The maximum absolute atomic E-state index is 9.28. The van der Waals surface area contributed by atoms with E-state index >= 15 is 0 Å². The van der Waals surface area contributed by atoms with Gasteiger partial charge < -0.3 is 9.13 Å². The zero-order valence-electron chi connectivity index (χ0n) is 45.9. The molecule has 0 spiro atoms. The molecule has 76 heavy (non-hydrogen) atoms. The van der Waals surface area contributed by atoms with Crippen molar-refractivity contribution in [3.63, 3.8) is 0 Å². The van der Waals surface area contributed by atoms with Crippen molar-refractivity contribution >= 4 is 94.2 Å². The van der Waals surface area contributed by atoms with Gasteiger partial charge in [-0.1, -0.05) is 243 Å². The molecule has 0 radical (unpaired) electrons. The summed E-state index contributed by atoms with van der Waals surface area (Å²) in [6.07, 6.45) is 0. The summed E-state index contributed by atoms with van der Waals surface area (Å²) < 4.78 is 51.6. The monoisotopic (exact) mass is 991 g/mol. The molecule has 0 atom stereocenters. The van der Waals surface area contributed by atoms with E-state index in [0.29, 0.717) is 5.56 Å². The van der Waals surface area contributed by atoms with Crippen molar-refractivity contribution in [2.75, 3.05) is 0 Å². The third-order valence-corrected chi connectivity index (χ3v) is 19.9. The first kappa shape index (κ1) is 38.6. The molecule has 15 rings (SSSR count). The zero-order chi connectivity index (χ0) is 54.5. The van der Waals surface area contributed by atoms with Gasteiger partial charge in [-0.05, 0) is 57.1 Å². The molecule has 4 heterocycles. The summed E-state index contributed by atoms with van der Waals surface area (Å²) in [6, 6.07) is 85.1. The first-order valence-electron chi connectivity index (χ1n) is 28.0. The Balaban J connectivity index is 1.02. The number of para-hydroxylation sites is 6. The summed E-state index contributed by atoms with van der Waals surface area (Å²) in [4.78, 5) is 15.7. The third kappa shape index (κ3) is 6.62. The normalized spacial score (nSPS) is 12.9. The summed E-state index contributed by atoms with van der Waals surface area (Å²) >= 11 is 0. The molecule has 0 N–H and O–H groups in total. The molecule has 0 saturated heterocycles. The van der Waals surface area contributed by atoms with Crippen molar-refractivity contribution in [2.24, 2.45) is 0 Å². The number of aromatic nitrogens is 6. The van der Waals surface area contributed by atoms with E-state index in [0.717, 1.165) is 82.0 Å². The molecule has 0 aliphatic carbocycles. The highest BCUT2D eigenvalue weighted by molar-refractivity contribution is 7.19. The van der Waals surface area contributed by atoms with E-state index in [9.17, 15) is 2.74 Å². The van der Waals surface area contributed by atoms with Crippen molar-refractivity contribution in [3.8, 4) is 40.1 Å². The first-order valence-corrected chi connectivity index (χ1v) is 27.5. The van der Waals surface area contributed by atoms with Gasteiger partial charge in [0.2, 0.25) is 5.95 Å². The fraction of sp³-hybridized carbons (Fsp3) is 0. The van der Waals surface area contributed by atoms with Gasteiger partial charge in [-0.15, -0.1) is 0 Å². The zero-order valence-corrected chi connectivity index (χ0v) is 41.9. The quantitative estimate of drug-likeness (QED) is 0.107. The molecule has 356 valence electrons. The van der Waals surface area contributed by atoms with Crippen LogP contribution < -0.4 is 20.7 Å². The predicted octanol–water partition coefficient (Wildman–Crippen LogP) is 13.9. The van der Waals surface area contributed by atoms with E-state index in [1.165, 1.54) is 15.6 Å². The maximum atomic E-state index is 9.28. The van der Waals surface area contributed by atoms with Crippen LogP contribution in [0.3, 0.4) is 0 Å². The second kappa shape index (κ2) is 17.6. The molecule has 4 aromatic heterocycles. The lowest BCUT2D eigenvalue weighted by Gasteiger charge is -2.34. The smallest absolute Gasteiger partial charge is 0.238 e. The van der Waals surface area contributed by atoms with Crippen LogP contribution in [0.4, 0.5) is 0 Å². The summed E-state index contributed by atoms with van der Waals surface area (Å²) in [5, 5.41) is 11.2. The largest absolute Gasteiger partial charge is 0.307 e. The lowest BCUT2D eigenvalue weighted by atomic mass is 10.1. The minimum atomic E-state index is -2.93. The maximum Gasteiger partial charge on any atom is 0.238 e. The van der Waals surface area contributed by atoms with Crippen molar-refractivity contribution in [3.05, 3.63) is 279 Å². The van der Waals surface area contributed by atoms with Crippen LogP contribution in [-0.2, 0) is 0 Å². The number of benzene rings is 11. The van der Waals surface area contributed by atoms with Gasteiger partial charge in [-0.3, -0.25) is 4.57 Å². The van der Waals surface area contributed by atoms with E-state index in [1.54, 1.807) is 0 Å². The number of nitrogens with zero attached hydrogens (tertiary/aromatic N) is 6. The Morgan fingerprint density at radius 1 is 0.289 bits per heavy atom. The van der Waals surface area contributed by atoms with E-state index in [2.05, 4.69) is 238 Å². The van der Waals surface area contributed by atoms with E-state index < -0.39 is 38.3 Å². The highest BCUT2D eigenvalue weighted by atomic mass is 28.3. The second-order valence-corrected chi connectivity index (χ2v) is 22.9. The second-order valence-electron chi connectivity index (χ2n) is 19.1. The first-order chi connectivity index (χ1) is 39.8. The summed E-state index contributed by atoms with van der Waals surface area (Å²) in [5.74, 6) is 0.440. The molecule has 0 bridgehead atoms. The Morgan fingerprint density at radius 3 is 1.16 bits per heavy atom. The Morgan fingerprint density at radius 2 is 0.658 bits per heavy atom. The van der Waals surface area contributed by atoms with Gasteiger partial charge >= 0.3 is 0 Å². The molecule has 7 heteroatoms. The van der Waals surface area contributed by atoms with Gasteiger partial charge in [0.25, 0.3) is 0 Å². The van der Waals surface area contributed by atoms with Gasteiger partial charge in [-0.25, -0.2) is 4.98 Å². The van der Waals surface area contributed by atoms with Gasteiger partial charge in [0, 0.05) is 43.4 Å². The van der Waals surface area contributed by atoms with Crippen LogP contribution in [0, 0.1) is 0 Å². The van der Waals surface area contributed by atoms with Crippen molar-refractivity contribution in [1.82, 2.24) is 28.7 Å². The Kier molecular flexibility index (Phi) is 8.96.